The number of carbonyl (C=O) groups excluding carboxylic acids is 2. The Bertz CT molecular complexity index is 1210. The quantitative estimate of drug-likeness (QED) is 0.104. The van der Waals surface area contributed by atoms with Gasteiger partial charge in [-0.3, -0.25) is 0 Å². The van der Waals surface area contributed by atoms with Crippen molar-refractivity contribution in [1.29, 1.82) is 0 Å². The zero-order valence-corrected chi connectivity index (χ0v) is 29.9. The Morgan fingerprint density at radius 1 is 1.09 bits per heavy atom. The van der Waals surface area contributed by atoms with Gasteiger partial charge in [-0.05, 0) is 89.3 Å². The molecule has 47 heavy (non-hydrogen) atoms. The summed E-state index contributed by atoms with van der Waals surface area (Å²) in [6.07, 6.45) is 5.43. The van der Waals surface area contributed by atoms with E-state index in [9.17, 15) is 9.59 Å². The summed E-state index contributed by atoms with van der Waals surface area (Å²) in [5.74, 6) is 0.493. The van der Waals surface area contributed by atoms with Gasteiger partial charge in [0.15, 0.2) is 11.9 Å². The van der Waals surface area contributed by atoms with E-state index < -0.39 is 41.4 Å². The highest BCUT2D eigenvalue weighted by Gasteiger charge is 2.67. The molecule has 1 spiro atoms. The van der Waals surface area contributed by atoms with Gasteiger partial charge < -0.3 is 29.2 Å². The minimum Gasteiger partial charge on any atom is -0.464 e. The van der Waals surface area contributed by atoms with E-state index in [-0.39, 0.29) is 31.0 Å². The lowest BCUT2D eigenvalue weighted by molar-refractivity contribution is -0.569. The summed E-state index contributed by atoms with van der Waals surface area (Å²) in [5.41, 5.74) is 0.572. The fourth-order valence-corrected chi connectivity index (χ4v) is 8.22. The molecule has 8 atom stereocenters. The van der Waals surface area contributed by atoms with Crippen molar-refractivity contribution in [3.63, 3.8) is 0 Å². The van der Waals surface area contributed by atoms with E-state index in [1.165, 1.54) is 0 Å². The van der Waals surface area contributed by atoms with Gasteiger partial charge in [0.05, 0.1) is 12.7 Å². The van der Waals surface area contributed by atoms with Gasteiger partial charge in [0.25, 0.3) is 0 Å². The number of hydrogen-bond acceptors (Lipinski definition) is 9. The summed E-state index contributed by atoms with van der Waals surface area (Å²) in [5, 5.41) is 2.73. The number of hydrogen-bond donors (Lipinski definition) is 1. The number of ether oxygens (including phenoxy) is 4. The number of carbonyl (C=O) groups is 2. The van der Waals surface area contributed by atoms with Crippen molar-refractivity contribution in [2.45, 2.75) is 121 Å². The first-order chi connectivity index (χ1) is 22.4. The number of alkyl halides is 2. The van der Waals surface area contributed by atoms with E-state index in [1.54, 1.807) is 20.8 Å². The number of anilines is 1. The molecule has 10 nitrogen and oxygen atoms in total. The maximum atomic E-state index is 13.4. The molecule has 12 heteroatoms. The second kappa shape index (κ2) is 15.4. The lowest BCUT2D eigenvalue weighted by Crippen LogP contribution is -2.69. The summed E-state index contributed by atoms with van der Waals surface area (Å²) in [7, 11) is 0. The number of rotatable bonds is 13. The molecule has 0 aromatic heterocycles. The number of benzene rings is 1. The minimum atomic E-state index is -0.922. The molecule has 4 saturated heterocycles. The van der Waals surface area contributed by atoms with E-state index in [1.807, 2.05) is 31.2 Å². The van der Waals surface area contributed by atoms with Crippen LogP contribution < -0.4 is 10.2 Å². The van der Waals surface area contributed by atoms with Crippen molar-refractivity contribution < 1.29 is 38.3 Å². The number of fused-ring (bicyclic) bond motifs is 2. The first-order valence-electron chi connectivity index (χ1n) is 17.2. The molecule has 5 aliphatic rings. The summed E-state index contributed by atoms with van der Waals surface area (Å²) in [6, 6.07) is 6.88. The van der Waals surface area contributed by atoms with Crippen LogP contribution in [0.2, 0.25) is 0 Å². The van der Waals surface area contributed by atoms with Crippen LogP contribution in [0.15, 0.2) is 24.3 Å². The Kier molecular flexibility index (Phi) is 11.9. The van der Waals surface area contributed by atoms with Crippen molar-refractivity contribution >= 4 is 41.0 Å². The molecule has 1 N–H and O–H groups in total. The molecule has 4 heterocycles. The van der Waals surface area contributed by atoms with Crippen LogP contribution in [0.3, 0.4) is 0 Å². The summed E-state index contributed by atoms with van der Waals surface area (Å²) >= 11 is 12.0. The third-order valence-electron chi connectivity index (χ3n) is 10.1. The van der Waals surface area contributed by atoms with Crippen molar-refractivity contribution in [3.8, 4) is 0 Å². The van der Waals surface area contributed by atoms with Crippen LogP contribution in [0.5, 0.6) is 0 Å². The molecule has 5 fully saturated rings. The van der Waals surface area contributed by atoms with Gasteiger partial charge >= 0.3 is 12.1 Å². The van der Waals surface area contributed by atoms with Gasteiger partial charge in [0.2, 0.25) is 5.79 Å². The summed E-state index contributed by atoms with van der Waals surface area (Å²) in [4.78, 5) is 40.3. The molecule has 4 aliphatic heterocycles. The highest BCUT2D eigenvalue weighted by atomic mass is 35.5. The molecule has 264 valence electrons. The second-order valence-electron chi connectivity index (χ2n) is 14.7. The molecule has 8 unspecified atom stereocenters. The fourth-order valence-electron chi connectivity index (χ4n) is 7.81. The van der Waals surface area contributed by atoms with E-state index in [4.69, 9.17) is 51.9 Å². The summed E-state index contributed by atoms with van der Waals surface area (Å²) in [6.45, 7) is 11.0. The zero-order valence-electron chi connectivity index (χ0n) is 28.4. The molecule has 1 aromatic rings. The second-order valence-corrected chi connectivity index (χ2v) is 15.4. The van der Waals surface area contributed by atoms with E-state index in [0.29, 0.717) is 43.6 Å². The lowest BCUT2D eigenvalue weighted by Gasteiger charge is -2.59. The topological polar surface area (TPSA) is 105 Å². The molecule has 6 rings (SSSR count). The van der Waals surface area contributed by atoms with Crippen LogP contribution >= 0.6 is 23.2 Å². The molecule has 1 aromatic carbocycles. The molecular formula is C35H52Cl2N2O8. The van der Waals surface area contributed by atoms with Crippen LogP contribution in [-0.2, 0) is 39.9 Å². The summed E-state index contributed by atoms with van der Waals surface area (Å²) < 4.78 is 24.3. The average Bonchev–Trinajstić information content (AvgIpc) is 3.24. The van der Waals surface area contributed by atoms with Crippen LogP contribution in [0.1, 0.15) is 85.1 Å². The smallest absolute Gasteiger partial charge is 0.408 e. The predicted molar refractivity (Wildman–Crippen MR) is 179 cm³/mol. The molecule has 0 radical (unpaired) electrons. The number of amides is 1. The molecule has 1 aliphatic carbocycles. The van der Waals surface area contributed by atoms with Crippen molar-refractivity contribution in [2.24, 2.45) is 17.8 Å². The standard InChI is InChI=1S/C35H52Cl2N2O8/c1-23-27-9-6-8-25-15-16-34(5)44-31(35(25,27)47-46-34)43-29(23)10-7-21-42-30(40)28(38-32(41)45-33(2,3)4)22-24-11-13-26(14-12-24)39(19-17-36)20-18-37/h11-14,23,25,27-29,31H,6-10,15-22H2,1-5H3,(H,38,41). The molecule has 2 bridgehead atoms. The third-order valence-corrected chi connectivity index (χ3v) is 10.5. The van der Waals surface area contributed by atoms with E-state index in [0.717, 1.165) is 43.4 Å². The molecule has 1 amide bonds. The van der Waals surface area contributed by atoms with Crippen molar-refractivity contribution in [2.75, 3.05) is 36.4 Å². The Balaban J connectivity index is 1.19. The van der Waals surface area contributed by atoms with Gasteiger partial charge in [-0.1, -0.05) is 25.5 Å². The monoisotopic (exact) mass is 698 g/mol. The number of nitrogens with zero attached hydrogens (tertiary/aromatic N) is 1. The van der Waals surface area contributed by atoms with Crippen LogP contribution in [-0.4, -0.2) is 78.9 Å². The SMILES string of the molecule is CC1C(CCCOC(=O)C(Cc2ccc(N(CCCl)CCCl)cc2)NC(=O)OC(C)(C)C)OC2OC3(C)CCC4CCCC1C42OO3. The predicted octanol–water partition coefficient (Wildman–Crippen LogP) is 6.73. The Morgan fingerprint density at radius 2 is 1.81 bits per heavy atom. The number of halogens is 2. The normalized spacial score (nSPS) is 32.1. The Morgan fingerprint density at radius 3 is 2.49 bits per heavy atom. The van der Waals surface area contributed by atoms with Gasteiger partial charge in [-0.2, -0.15) is 0 Å². The number of alkyl carbamates (subject to hydrolysis) is 1. The fraction of sp³-hybridized carbons (Fsp3) is 0.771. The largest absolute Gasteiger partial charge is 0.464 e. The van der Waals surface area contributed by atoms with Crippen molar-refractivity contribution in [1.82, 2.24) is 5.32 Å². The highest BCUT2D eigenvalue weighted by Crippen LogP contribution is 2.59. The average molecular weight is 700 g/mol. The van der Waals surface area contributed by atoms with Crippen molar-refractivity contribution in [3.05, 3.63) is 29.8 Å². The zero-order chi connectivity index (χ0) is 33.8. The van der Waals surface area contributed by atoms with Gasteiger partial charge in [0, 0.05) is 49.3 Å². The van der Waals surface area contributed by atoms with Gasteiger partial charge in [0.1, 0.15) is 11.6 Å². The van der Waals surface area contributed by atoms with Crippen LogP contribution in [0.4, 0.5) is 10.5 Å². The Hall–Kier alpha value is -1.82. The molecular weight excluding hydrogens is 647 g/mol. The van der Waals surface area contributed by atoms with E-state index in [2.05, 4.69) is 17.1 Å². The highest BCUT2D eigenvalue weighted by molar-refractivity contribution is 6.18. The van der Waals surface area contributed by atoms with Crippen LogP contribution in [0, 0.1) is 17.8 Å². The lowest BCUT2D eigenvalue weighted by atomic mass is 9.60. The Labute approximate surface area is 289 Å². The number of nitrogens with one attached hydrogen (secondary N) is 1. The van der Waals surface area contributed by atoms with Gasteiger partial charge in [-0.15, -0.1) is 23.2 Å². The third kappa shape index (κ3) is 8.50. The van der Waals surface area contributed by atoms with Gasteiger partial charge in [-0.25, -0.2) is 19.4 Å². The first kappa shape index (κ1) is 36.5. The van der Waals surface area contributed by atoms with Crippen LogP contribution in [0.25, 0.3) is 0 Å². The molecule has 1 saturated carbocycles. The maximum absolute atomic E-state index is 13.4. The number of esters is 1. The first-order valence-corrected chi connectivity index (χ1v) is 18.3. The minimum absolute atomic E-state index is 0.0639. The maximum Gasteiger partial charge on any atom is 0.408 e. The van der Waals surface area contributed by atoms with E-state index >= 15 is 0 Å².